The predicted octanol–water partition coefficient (Wildman–Crippen LogP) is 3.53. The third kappa shape index (κ3) is 4.45. The van der Waals surface area contributed by atoms with Crippen molar-refractivity contribution >= 4 is 28.4 Å². The monoisotopic (exact) mass is 418 g/mol. The van der Waals surface area contributed by atoms with Crippen LogP contribution >= 0.6 is 0 Å². The van der Waals surface area contributed by atoms with Crippen LogP contribution in [0.2, 0.25) is 0 Å². The zero-order valence-corrected chi connectivity index (χ0v) is 16.3. The zero-order valence-electron chi connectivity index (χ0n) is 16.3. The number of carbonyl (C=O) groups excluding carboxylic acids is 2. The number of nitro groups is 1. The molecule has 9 nitrogen and oxygen atoms in total. The van der Waals surface area contributed by atoms with Crippen LogP contribution in [0.5, 0.6) is 0 Å². The number of nitrogens with zero attached hydrogens (tertiary/aromatic N) is 1. The van der Waals surface area contributed by atoms with Crippen molar-refractivity contribution in [2.24, 2.45) is 0 Å². The van der Waals surface area contributed by atoms with Crippen molar-refractivity contribution < 1.29 is 18.9 Å². The van der Waals surface area contributed by atoms with Crippen molar-refractivity contribution in [2.45, 2.75) is 13.1 Å². The van der Waals surface area contributed by atoms with Crippen molar-refractivity contribution in [3.8, 4) is 0 Å². The molecule has 2 aromatic heterocycles. The molecule has 0 aliphatic heterocycles. The van der Waals surface area contributed by atoms with Gasteiger partial charge in [0.25, 0.3) is 17.5 Å². The molecule has 3 N–H and O–H groups in total. The van der Waals surface area contributed by atoms with Gasteiger partial charge in [-0.15, -0.1) is 0 Å². The molecular formula is C22H18N4O5. The van der Waals surface area contributed by atoms with Gasteiger partial charge in [0.2, 0.25) is 0 Å². The Morgan fingerprint density at radius 1 is 1.00 bits per heavy atom. The number of fused-ring (bicyclic) bond motifs is 1. The molecule has 0 aliphatic carbocycles. The summed E-state index contributed by atoms with van der Waals surface area (Å²) in [5.41, 5.74) is 2.05. The van der Waals surface area contributed by atoms with Gasteiger partial charge >= 0.3 is 0 Å². The smallest absolute Gasteiger partial charge is 0.270 e. The first-order valence-corrected chi connectivity index (χ1v) is 9.44. The average molecular weight is 418 g/mol. The van der Waals surface area contributed by atoms with Crippen LogP contribution in [0.15, 0.2) is 71.5 Å². The maximum Gasteiger partial charge on any atom is 0.270 e. The van der Waals surface area contributed by atoms with Gasteiger partial charge in [-0.2, -0.15) is 0 Å². The van der Waals surface area contributed by atoms with Gasteiger partial charge < -0.3 is 20.0 Å². The van der Waals surface area contributed by atoms with Crippen LogP contribution in [0.1, 0.15) is 32.0 Å². The minimum Gasteiger partial charge on any atom is -0.467 e. The summed E-state index contributed by atoms with van der Waals surface area (Å²) in [7, 11) is 0. The molecule has 0 atom stereocenters. The standard InChI is InChI=1S/C22H18N4O5/c27-21(25-12-17-5-2-8-31-17)15-4-1-3-14(9-15)11-24-22(28)19-13-23-20-7-6-16(26(29)30)10-18(19)20/h1-10,13,23H,11-12H2,(H,24,28)(H,25,27). The molecule has 31 heavy (non-hydrogen) atoms. The van der Waals surface area contributed by atoms with E-state index in [4.69, 9.17) is 4.42 Å². The number of nitrogens with one attached hydrogen (secondary N) is 3. The molecule has 0 saturated heterocycles. The number of nitro benzene ring substituents is 1. The van der Waals surface area contributed by atoms with E-state index in [1.165, 1.54) is 24.6 Å². The zero-order chi connectivity index (χ0) is 21.8. The number of non-ortho nitro benzene ring substituents is 1. The molecule has 2 heterocycles. The maximum atomic E-state index is 12.6. The number of aromatic amines is 1. The fourth-order valence-corrected chi connectivity index (χ4v) is 3.19. The summed E-state index contributed by atoms with van der Waals surface area (Å²) in [5.74, 6) is 0.0173. The Labute approximate surface area is 176 Å². The van der Waals surface area contributed by atoms with E-state index >= 15 is 0 Å². The lowest BCUT2D eigenvalue weighted by Gasteiger charge is -2.08. The van der Waals surface area contributed by atoms with E-state index in [1.54, 1.807) is 42.5 Å². The van der Waals surface area contributed by atoms with Crippen LogP contribution in [0.25, 0.3) is 10.9 Å². The van der Waals surface area contributed by atoms with E-state index in [2.05, 4.69) is 15.6 Å². The maximum absolute atomic E-state index is 12.6. The third-order valence-corrected chi connectivity index (χ3v) is 4.77. The normalized spacial score (nSPS) is 10.7. The highest BCUT2D eigenvalue weighted by Crippen LogP contribution is 2.23. The number of H-pyrrole nitrogens is 1. The van der Waals surface area contributed by atoms with Crippen molar-refractivity contribution in [3.05, 3.63) is 99.6 Å². The number of furan rings is 1. The minimum atomic E-state index is -0.503. The van der Waals surface area contributed by atoms with Gasteiger partial charge in [-0.05, 0) is 35.9 Å². The molecule has 0 bridgehead atoms. The topological polar surface area (TPSA) is 130 Å². The Bertz CT molecular complexity index is 1260. The summed E-state index contributed by atoms with van der Waals surface area (Å²) in [4.78, 5) is 38.4. The number of aromatic nitrogens is 1. The fraction of sp³-hybridized carbons (Fsp3) is 0.0909. The van der Waals surface area contributed by atoms with Gasteiger partial charge in [0.15, 0.2) is 0 Å². The highest BCUT2D eigenvalue weighted by molar-refractivity contribution is 6.07. The second-order valence-electron chi connectivity index (χ2n) is 6.83. The molecule has 0 saturated carbocycles. The van der Waals surface area contributed by atoms with Crippen molar-refractivity contribution in [3.63, 3.8) is 0 Å². The number of hydrogen-bond acceptors (Lipinski definition) is 5. The number of amides is 2. The predicted molar refractivity (Wildman–Crippen MR) is 112 cm³/mol. The molecule has 4 aromatic rings. The quantitative estimate of drug-likeness (QED) is 0.312. The van der Waals surface area contributed by atoms with Gasteiger partial charge in [0, 0.05) is 41.3 Å². The second kappa shape index (κ2) is 8.54. The van der Waals surface area contributed by atoms with Gasteiger partial charge in [-0.3, -0.25) is 19.7 Å². The Morgan fingerprint density at radius 2 is 1.84 bits per heavy atom. The number of hydrogen-bond donors (Lipinski definition) is 3. The lowest BCUT2D eigenvalue weighted by Crippen LogP contribution is -2.24. The first-order valence-electron chi connectivity index (χ1n) is 9.44. The fourth-order valence-electron chi connectivity index (χ4n) is 3.19. The number of carbonyl (C=O) groups is 2. The molecule has 2 amide bonds. The molecular weight excluding hydrogens is 400 g/mol. The van der Waals surface area contributed by atoms with E-state index < -0.39 is 4.92 Å². The Balaban J connectivity index is 1.42. The molecule has 4 rings (SSSR count). The second-order valence-corrected chi connectivity index (χ2v) is 6.83. The van der Waals surface area contributed by atoms with Crippen molar-refractivity contribution in [1.29, 1.82) is 0 Å². The lowest BCUT2D eigenvalue weighted by atomic mass is 10.1. The minimum absolute atomic E-state index is 0.0885. The molecule has 0 radical (unpaired) electrons. The highest BCUT2D eigenvalue weighted by atomic mass is 16.6. The average Bonchev–Trinajstić information content (AvgIpc) is 3.45. The number of rotatable bonds is 7. The molecule has 0 spiro atoms. The van der Waals surface area contributed by atoms with E-state index in [0.29, 0.717) is 27.8 Å². The Kier molecular flexibility index (Phi) is 5.48. The third-order valence-electron chi connectivity index (χ3n) is 4.77. The van der Waals surface area contributed by atoms with Crippen molar-refractivity contribution in [1.82, 2.24) is 15.6 Å². The lowest BCUT2D eigenvalue weighted by molar-refractivity contribution is -0.384. The Hall–Kier alpha value is -4.40. The van der Waals surface area contributed by atoms with Crippen LogP contribution in [-0.4, -0.2) is 21.7 Å². The van der Waals surface area contributed by atoms with Gasteiger partial charge in [-0.1, -0.05) is 12.1 Å². The first-order chi connectivity index (χ1) is 15.0. The largest absolute Gasteiger partial charge is 0.467 e. The summed E-state index contributed by atoms with van der Waals surface area (Å²) < 4.78 is 5.19. The summed E-state index contributed by atoms with van der Waals surface area (Å²) >= 11 is 0. The van der Waals surface area contributed by atoms with Crippen molar-refractivity contribution in [2.75, 3.05) is 0 Å². The molecule has 156 valence electrons. The molecule has 0 aliphatic rings. The van der Waals surface area contributed by atoms with E-state index in [-0.39, 0.29) is 30.6 Å². The molecule has 0 unspecified atom stereocenters. The van der Waals surface area contributed by atoms with E-state index in [0.717, 1.165) is 5.56 Å². The van der Waals surface area contributed by atoms with Crippen LogP contribution in [0.4, 0.5) is 5.69 Å². The first kappa shape index (κ1) is 19.9. The van der Waals surface area contributed by atoms with Crippen LogP contribution in [0.3, 0.4) is 0 Å². The van der Waals surface area contributed by atoms with E-state index in [9.17, 15) is 19.7 Å². The molecule has 0 fully saturated rings. The van der Waals surface area contributed by atoms with Crippen LogP contribution in [0, 0.1) is 10.1 Å². The van der Waals surface area contributed by atoms with Crippen LogP contribution in [-0.2, 0) is 13.1 Å². The van der Waals surface area contributed by atoms with E-state index in [1.807, 2.05) is 0 Å². The summed E-state index contributed by atoms with van der Waals surface area (Å²) in [6.07, 6.45) is 3.05. The molecule has 2 aromatic carbocycles. The summed E-state index contributed by atoms with van der Waals surface area (Å²) in [5, 5.41) is 17.0. The summed E-state index contributed by atoms with van der Waals surface area (Å²) in [6, 6.07) is 14.7. The highest BCUT2D eigenvalue weighted by Gasteiger charge is 2.15. The SMILES string of the molecule is O=C(NCc1ccco1)c1cccc(CNC(=O)c2c[nH]c3ccc([N+](=O)[O-])cc23)c1. The molecule has 9 heteroatoms. The van der Waals surface area contributed by atoms with Gasteiger partial charge in [0.05, 0.1) is 23.3 Å². The van der Waals surface area contributed by atoms with Gasteiger partial charge in [-0.25, -0.2) is 0 Å². The van der Waals surface area contributed by atoms with Crippen LogP contribution < -0.4 is 10.6 Å². The number of benzene rings is 2. The summed E-state index contributed by atoms with van der Waals surface area (Å²) in [6.45, 7) is 0.471. The van der Waals surface area contributed by atoms with Gasteiger partial charge in [0.1, 0.15) is 5.76 Å². The Morgan fingerprint density at radius 3 is 2.61 bits per heavy atom.